The van der Waals surface area contributed by atoms with Crippen LogP contribution in [0.1, 0.15) is 10.4 Å². The number of hydrogen-bond acceptors (Lipinski definition) is 3. The minimum Gasteiger partial charge on any atom is -0.493 e. The van der Waals surface area contributed by atoms with Crippen molar-refractivity contribution in [3.05, 3.63) is 28.0 Å². The summed E-state index contributed by atoms with van der Waals surface area (Å²) in [4.78, 5) is 11.2. The fourth-order valence-electron chi connectivity index (χ4n) is 1.03. The molecule has 0 heterocycles. The van der Waals surface area contributed by atoms with E-state index in [-0.39, 0.29) is 11.3 Å². The molecule has 3 nitrogen and oxygen atoms in total. The maximum atomic E-state index is 13.2. The highest BCUT2D eigenvalue weighted by molar-refractivity contribution is 9.10. The van der Waals surface area contributed by atoms with Gasteiger partial charge in [-0.05, 0) is 12.1 Å². The highest BCUT2D eigenvalue weighted by Gasteiger charge is 2.17. The number of esters is 1. The zero-order valence-corrected chi connectivity index (χ0v) is 9.22. The molecule has 0 saturated carbocycles. The minimum absolute atomic E-state index is 0.0573. The fourth-order valence-corrected chi connectivity index (χ4v) is 1.46. The molecule has 0 atom stereocenters. The van der Waals surface area contributed by atoms with E-state index in [1.807, 2.05) is 0 Å². The Morgan fingerprint density at radius 3 is 2.57 bits per heavy atom. The second kappa shape index (κ2) is 4.41. The number of carbonyl (C=O) groups is 1. The first-order chi connectivity index (χ1) is 6.60. The van der Waals surface area contributed by atoms with Crippen LogP contribution < -0.4 is 4.74 Å². The van der Waals surface area contributed by atoms with Crippen LogP contribution in [-0.4, -0.2) is 20.2 Å². The summed E-state index contributed by atoms with van der Waals surface area (Å²) >= 11 is 3.07. The summed E-state index contributed by atoms with van der Waals surface area (Å²) in [5.41, 5.74) is 0.0573. The maximum absolute atomic E-state index is 13.2. The van der Waals surface area contributed by atoms with E-state index < -0.39 is 11.8 Å². The van der Waals surface area contributed by atoms with Crippen molar-refractivity contribution in [3.63, 3.8) is 0 Å². The molecule has 0 aliphatic carbocycles. The lowest BCUT2D eigenvalue weighted by Gasteiger charge is -2.07. The number of carbonyl (C=O) groups excluding carboxylic acids is 1. The van der Waals surface area contributed by atoms with Crippen LogP contribution in [0.5, 0.6) is 5.75 Å². The van der Waals surface area contributed by atoms with Crippen molar-refractivity contribution in [2.24, 2.45) is 0 Å². The van der Waals surface area contributed by atoms with Crippen molar-refractivity contribution in [1.82, 2.24) is 0 Å². The predicted octanol–water partition coefficient (Wildman–Crippen LogP) is 2.38. The molecule has 0 N–H and O–H groups in total. The van der Waals surface area contributed by atoms with Crippen LogP contribution in [0.2, 0.25) is 0 Å². The Bertz CT molecular complexity index is 365. The molecule has 0 saturated heterocycles. The SMILES string of the molecule is COC(=O)c1cc(Br)cc(F)c1OC. The number of methoxy groups -OCH3 is 2. The summed E-state index contributed by atoms with van der Waals surface area (Å²) in [6, 6.07) is 2.65. The number of rotatable bonds is 2. The molecule has 0 spiro atoms. The van der Waals surface area contributed by atoms with Crippen LogP contribution >= 0.6 is 15.9 Å². The second-order valence-electron chi connectivity index (χ2n) is 2.46. The molecule has 5 heteroatoms. The Morgan fingerprint density at radius 2 is 2.07 bits per heavy atom. The average Bonchev–Trinajstić information content (AvgIpc) is 2.15. The summed E-state index contributed by atoms with van der Waals surface area (Å²) < 4.78 is 22.9. The third-order valence-electron chi connectivity index (χ3n) is 1.62. The van der Waals surface area contributed by atoms with E-state index in [9.17, 15) is 9.18 Å². The van der Waals surface area contributed by atoms with Gasteiger partial charge in [0.25, 0.3) is 0 Å². The first-order valence-corrected chi connectivity index (χ1v) is 4.50. The molecule has 1 aromatic carbocycles. The van der Waals surface area contributed by atoms with Crippen LogP contribution in [-0.2, 0) is 4.74 Å². The molecule has 0 fully saturated rings. The molecule has 1 aromatic rings. The molecule has 76 valence electrons. The molecule has 0 bridgehead atoms. The lowest BCUT2D eigenvalue weighted by molar-refractivity contribution is 0.0596. The molecule has 0 aliphatic rings. The van der Waals surface area contributed by atoms with Gasteiger partial charge in [0, 0.05) is 4.47 Å². The number of benzene rings is 1. The van der Waals surface area contributed by atoms with Gasteiger partial charge in [0.1, 0.15) is 5.56 Å². The van der Waals surface area contributed by atoms with Crippen LogP contribution in [0.15, 0.2) is 16.6 Å². The van der Waals surface area contributed by atoms with E-state index in [2.05, 4.69) is 20.7 Å². The lowest BCUT2D eigenvalue weighted by Crippen LogP contribution is -2.05. The zero-order valence-electron chi connectivity index (χ0n) is 7.64. The monoisotopic (exact) mass is 262 g/mol. The normalized spacial score (nSPS) is 9.71. The maximum Gasteiger partial charge on any atom is 0.341 e. The van der Waals surface area contributed by atoms with E-state index in [0.29, 0.717) is 4.47 Å². The Kier molecular flexibility index (Phi) is 3.46. The lowest BCUT2D eigenvalue weighted by atomic mass is 10.2. The van der Waals surface area contributed by atoms with Crippen molar-refractivity contribution in [2.75, 3.05) is 14.2 Å². The molecular weight excluding hydrogens is 255 g/mol. The smallest absolute Gasteiger partial charge is 0.341 e. The van der Waals surface area contributed by atoms with E-state index in [4.69, 9.17) is 4.74 Å². The third-order valence-corrected chi connectivity index (χ3v) is 2.08. The van der Waals surface area contributed by atoms with Crippen molar-refractivity contribution in [2.45, 2.75) is 0 Å². The first-order valence-electron chi connectivity index (χ1n) is 3.71. The summed E-state index contributed by atoms with van der Waals surface area (Å²) in [5, 5.41) is 0. The van der Waals surface area contributed by atoms with Crippen molar-refractivity contribution >= 4 is 21.9 Å². The number of ether oxygens (including phenoxy) is 2. The molecule has 0 amide bonds. The second-order valence-corrected chi connectivity index (χ2v) is 3.38. The van der Waals surface area contributed by atoms with Crippen molar-refractivity contribution in [3.8, 4) is 5.75 Å². The van der Waals surface area contributed by atoms with Crippen LogP contribution in [0, 0.1) is 5.82 Å². The Hall–Kier alpha value is -1.10. The minimum atomic E-state index is -0.637. The molecule has 1 rings (SSSR count). The average molecular weight is 263 g/mol. The summed E-state index contributed by atoms with van der Waals surface area (Å²) in [5.74, 6) is -1.36. The summed E-state index contributed by atoms with van der Waals surface area (Å²) in [6.07, 6.45) is 0. The Morgan fingerprint density at radius 1 is 1.43 bits per heavy atom. The van der Waals surface area contributed by atoms with Crippen molar-refractivity contribution < 1.29 is 18.7 Å². The van der Waals surface area contributed by atoms with Gasteiger partial charge >= 0.3 is 5.97 Å². The first kappa shape index (κ1) is 11.0. The molecule has 0 aromatic heterocycles. The van der Waals surface area contributed by atoms with Crippen molar-refractivity contribution in [1.29, 1.82) is 0 Å². The Labute approximate surface area is 88.9 Å². The molecular formula is C9H8BrFO3. The molecule has 0 unspecified atom stereocenters. The van der Waals surface area contributed by atoms with Gasteiger partial charge in [0.05, 0.1) is 14.2 Å². The molecule has 0 aliphatic heterocycles. The van der Waals surface area contributed by atoms with Gasteiger partial charge < -0.3 is 9.47 Å². The molecule has 14 heavy (non-hydrogen) atoms. The van der Waals surface area contributed by atoms with Gasteiger partial charge in [0.2, 0.25) is 0 Å². The van der Waals surface area contributed by atoms with Crippen LogP contribution in [0.25, 0.3) is 0 Å². The zero-order chi connectivity index (χ0) is 10.7. The largest absolute Gasteiger partial charge is 0.493 e. The van der Waals surface area contributed by atoms with Crippen LogP contribution in [0.4, 0.5) is 4.39 Å². The van der Waals surface area contributed by atoms with Gasteiger partial charge in [-0.15, -0.1) is 0 Å². The van der Waals surface area contributed by atoms with Gasteiger partial charge in [0.15, 0.2) is 11.6 Å². The predicted molar refractivity (Wildman–Crippen MR) is 52.0 cm³/mol. The number of halogens is 2. The fraction of sp³-hybridized carbons (Fsp3) is 0.222. The Balaban J connectivity index is 3.32. The topological polar surface area (TPSA) is 35.5 Å². The van der Waals surface area contributed by atoms with E-state index in [1.165, 1.54) is 26.4 Å². The molecule has 0 radical (unpaired) electrons. The van der Waals surface area contributed by atoms with Gasteiger partial charge in [-0.2, -0.15) is 0 Å². The quantitative estimate of drug-likeness (QED) is 0.768. The highest BCUT2D eigenvalue weighted by atomic mass is 79.9. The van der Waals surface area contributed by atoms with Crippen LogP contribution in [0.3, 0.4) is 0 Å². The van der Waals surface area contributed by atoms with E-state index in [1.54, 1.807) is 0 Å². The van der Waals surface area contributed by atoms with E-state index in [0.717, 1.165) is 0 Å². The van der Waals surface area contributed by atoms with E-state index >= 15 is 0 Å². The third kappa shape index (κ3) is 2.04. The van der Waals surface area contributed by atoms with Gasteiger partial charge in [-0.25, -0.2) is 9.18 Å². The number of hydrogen-bond donors (Lipinski definition) is 0. The summed E-state index contributed by atoms with van der Waals surface area (Å²) in [7, 11) is 2.51. The highest BCUT2D eigenvalue weighted by Crippen LogP contribution is 2.27. The summed E-state index contributed by atoms with van der Waals surface area (Å²) in [6.45, 7) is 0. The standard InChI is InChI=1S/C9H8BrFO3/c1-13-8-6(9(12)14-2)3-5(10)4-7(8)11/h3-4H,1-2H3. The van der Waals surface area contributed by atoms with Gasteiger partial charge in [-0.3, -0.25) is 0 Å². The van der Waals surface area contributed by atoms with Gasteiger partial charge in [-0.1, -0.05) is 15.9 Å².